The Morgan fingerprint density at radius 3 is 2.59 bits per heavy atom. The van der Waals surface area contributed by atoms with Gasteiger partial charge in [0.25, 0.3) is 0 Å². The van der Waals surface area contributed by atoms with Gasteiger partial charge in [-0.1, -0.05) is 20.8 Å². The lowest BCUT2D eigenvalue weighted by Crippen LogP contribution is -2.26. The molecule has 17 heavy (non-hydrogen) atoms. The standard InChI is InChI=1S/C13H14FNO2/c1-13(2,3)12(16)8-17-10-5-4-9(7-15)11(14)6-10/h4-6H,8H2,1-3H3. The van der Waals surface area contributed by atoms with E-state index in [9.17, 15) is 9.18 Å². The number of carbonyl (C=O) groups is 1. The SMILES string of the molecule is CC(C)(C)C(=O)COc1ccc(C#N)c(F)c1. The van der Waals surface area contributed by atoms with Gasteiger partial charge in [-0.2, -0.15) is 5.26 Å². The van der Waals surface area contributed by atoms with Crippen LogP contribution in [0.1, 0.15) is 26.3 Å². The van der Waals surface area contributed by atoms with Crippen LogP contribution in [0.5, 0.6) is 5.75 Å². The number of nitrogens with zero attached hydrogens (tertiary/aromatic N) is 1. The van der Waals surface area contributed by atoms with E-state index in [-0.39, 0.29) is 23.7 Å². The highest BCUT2D eigenvalue weighted by molar-refractivity contribution is 5.85. The van der Waals surface area contributed by atoms with Crippen LogP contribution >= 0.6 is 0 Å². The lowest BCUT2D eigenvalue weighted by atomic mass is 9.91. The molecule has 1 rings (SSSR count). The van der Waals surface area contributed by atoms with Crippen LogP contribution in [0.2, 0.25) is 0 Å². The first-order valence-corrected chi connectivity index (χ1v) is 5.20. The smallest absolute Gasteiger partial charge is 0.175 e. The Balaban J connectivity index is 2.69. The molecule has 1 aromatic rings. The van der Waals surface area contributed by atoms with E-state index in [4.69, 9.17) is 10.00 Å². The number of nitriles is 1. The summed E-state index contributed by atoms with van der Waals surface area (Å²) in [5.74, 6) is -0.463. The van der Waals surface area contributed by atoms with Gasteiger partial charge >= 0.3 is 0 Å². The van der Waals surface area contributed by atoms with Crippen molar-refractivity contribution in [1.29, 1.82) is 5.26 Å². The molecule has 4 heteroatoms. The lowest BCUT2D eigenvalue weighted by molar-refractivity contribution is -0.128. The van der Waals surface area contributed by atoms with Crippen molar-refractivity contribution in [2.45, 2.75) is 20.8 Å². The molecule has 0 aliphatic heterocycles. The number of benzene rings is 1. The molecule has 0 aliphatic carbocycles. The molecule has 0 N–H and O–H groups in total. The van der Waals surface area contributed by atoms with Crippen LogP contribution in [-0.2, 0) is 4.79 Å². The van der Waals surface area contributed by atoms with E-state index in [1.807, 2.05) is 0 Å². The average molecular weight is 235 g/mol. The first-order valence-electron chi connectivity index (χ1n) is 5.20. The third-order valence-electron chi connectivity index (χ3n) is 2.27. The minimum Gasteiger partial charge on any atom is -0.486 e. The van der Waals surface area contributed by atoms with E-state index in [1.165, 1.54) is 12.1 Å². The summed E-state index contributed by atoms with van der Waals surface area (Å²) in [6.07, 6.45) is 0. The fraction of sp³-hybridized carbons (Fsp3) is 0.385. The Labute approximate surface area is 99.8 Å². The third-order valence-corrected chi connectivity index (χ3v) is 2.27. The van der Waals surface area contributed by atoms with Crippen LogP contribution in [0.4, 0.5) is 4.39 Å². The van der Waals surface area contributed by atoms with Gasteiger partial charge in [-0.3, -0.25) is 4.79 Å². The van der Waals surface area contributed by atoms with Crippen molar-refractivity contribution >= 4 is 5.78 Å². The number of Topliss-reactive ketones (excluding diaryl/α,β-unsaturated/α-hetero) is 1. The number of hydrogen-bond donors (Lipinski definition) is 0. The summed E-state index contributed by atoms with van der Waals surface area (Å²) < 4.78 is 18.4. The third kappa shape index (κ3) is 3.56. The minimum absolute atomic E-state index is 0.0421. The van der Waals surface area contributed by atoms with Crippen LogP contribution < -0.4 is 4.74 Å². The molecular weight excluding hydrogens is 221 g/mol. The molecule has 0 atom stereocenters. The molecule has 0 amide bonds. The summed E-state index contributed by atoms with van der Waals surface area (Å²) in [5.41, 5.74) is -0.523. The number of rotatable bonds is 3. The van der Waals surface area contributed by atoms with Gasteiger partial charge in [-0.15, -0.1) is 0 Å². The molecule has 3 nitrogen and oxygen atoms in total. The van der Waals surface area contributed by atoms with Crippen LogP contribution in [0, 0.1) is 22.6 Å². The normalized spacial score (nSPS) is 10.8. The molecule has 0 radical (unpaired) electrons. The van der Waals surface area contributed by atoms with E-state index in [0.717, 1.165) is 6.07 Å². The molecule has 0 saturated heterocycles. The second-order valence-electron chi connectivity index (χ2n) is 4.72. The van der Waals surface area contributed by atoms with Crippen LogP contribution in [0.15, 0.2) is 18.2 Å². The van der Waals surface area contributed by atoms with Crippen molar-refractivity contribution in [3.8, 4) is 11.8 Å². The van der Waals surface area contributed by atoms with Crippen LogP contribution in [-0.4, -0.2) is 12.4 Å². The fourth-order valence-electron chi connectivity index (χ4n) is 1.04. The summed E-state index contributed by atoms with van der Waals surface area (Å²) in [7, 11) is 0. The number of ether oxygens (including phenoxy) is 1. The number of halogens is 1. The van der Waals surface area contributed by atoms with E-state index in [0.29, 0.717) is 0 Å². The van der Waals surface area contributed by atoms with Crippen molar-refractivity contribution in [2.75, 3.05) is 6.61 Å². The lowest BCUT2D eigenvalue weighted by Gasteiger charge is -2.16. The maximum Gasteiger partial charge on any atom is 0.175 e. The van der Waals surface area contributed by atoms with Crippen LogP contribution in [0.3, 0.4) is 0 Å². The van der Waals surface area contributed by atoms with Crippen LogP contribution in [0.25, 0.3) is 0 Å². The van der Waals surface area contributed by atoms with E-state index >= 15 is 0 Å². The van der Waals surface area contributed by atoms with Gasteiger partial charge in [0.15, 0.2) is 5.78 Å². The number of carbonyl (C=O) groups excluding carboxylic acids is 1. The second-order valence-corrected chi connectivity index (χ2v) is 4.72. The Kier molecular flexibility index (Phi) is 3.84. The van der Waals surface area contributed by atoms with E-state index in [2.05, 4.69) is 0 Å². The van der Waals surface area contributed by atoms with Crippen molar-refractivity contribution in [3.63, 3.8) is 0 Å². The monoisotopic (exact) mass is 235 g/mol. The molecule has 90 valence electrons. The summed E-state index contributed by atoms with van der Waals surface area (Å²) in [4.78, 5) is 11.6. The molecule has 0 fully saturated rings. The summed E-state index contributed by atoms with van der Waals surface area (Å²) in [6.45, 7) is 5.27. The van der Waals surface area contributed by atoms with E-state index < -0.39 is 11.2 Å². The highest BCUT2D eigenvalue weighted by Gasteiger charge is 2.21. The second kappa shape index (κ2) is 4.96. The highest BCUT2D eigenvalue weighted by atomic mass is 19.1. The largest absolute Gasteiger partial charge is 0.486 e. The molecule has 0 unspecified atom stereocenters. The highest BCUT2D eigenvalue weighted by Crippen LogP contribution is 2.18. The maximum absolute atomic E-state index is 13.2. The molecule has 0 heterocycles. The van der Waals surface area contributed by atoms with Gasteiger partial charge in [0.2, 0.25) is 0 Å². The fourth-order valence-corrected chi connectivity index (χ4v) is 1.04. The summed E-state index contributed by atoms with van der Waals surface area (Å²) in [5, 5.41) is 8.55. The molecular formula is C13H14FNO2. The van der Waals surface area contributed by atoms with Gasteiger partial charge in [-0.05, 0) is 12.1 Å². The first kappa shape index (κ1) is 13.2. The topological polar surface area (TPSA) is 50.1 Å². The van der Waals surface area contributed by atoms with Crippen molar-refractivity contribution in [3.05, 3.63) is 29.6 Å². The van der Waals surface area contributed by atoms with Crippen molar-refractivity contribution in [1.82, 2.24) is 0 Å². The van der Waals surface area contributed by atoms with Gasteiger partial charge in [0.05, 0.1) is 5.56 Å². The number of ketones is 1. The van der Waals surface area contributed by atoms with Gasteiger partial charge in [0, 0.05) is 11.5 Å². The first-order chi connectivity index (χ1) is 7.84. The van der Waals surface area contributed by atoms with Crippen molar-refractivity contribution in [2.24, 2.45) is 5.41 Å². The zero-order valence-electron chi connectivity index (χ0n) is 10.1. The molecule has 0 aliphatic rings. The summed E-state index contributed by atoms with van der Waals surface area (Å²) in [6, 6.07) is 5.62. The molecule has 0 bridgehead atoms. The summed E-state index contributed by atoms with van der Waals surface area (Å²) >= 11 is 0. The maximum atomic E-state index is 13.2. The predicted molar refractivity (Wildman–Crippen MR) is 61.1 cm³/mol. The van der Waals surface area contributed by atoms with Crippen molar-refractivity contribution < 1.29 is 13.9 Å². The molecule has 0 aromatic heterocycles. The Morgan fingerprint density at radius 1 is 1.47 bits per heavy atom. The minimum atomic E-state index is -0.645. The Hall–Kier alpha value is -1.89. The zero-order valence-corrected chi connectivity index (χ0v) is 10.1. The molecule has 0 saturated carbocycles. The predicted octanol–water partition coefficient (Wildman–Crippen LogP) is 2.69. The molecule has 1 aromatic carbocycles. The van der Waals surface area contributed by atoms with Gasteiger partial charge < -0.3 is 4.74 Å². The Morgan fingerprint density at radius 2 is 2.12 bits per heavy atom. The molecule has 0 spiro atoms. The van der Waals surface area contributed by atoms with Gasteiger partial charge in [-0.25, -0.2) is 4.39 Å². The van der Waals surface area contributed by atoms with Gasteiger partial charge in [0.1, 0.15) is 24.2 Å². The zero-order chi connectivity index (χ0) is 13.1. The number of hydrogen-bond acceptors (Lipinski definition) is 3. The van der Waals surface area contributed by atoms with E-state index in [1.54, 1.807) is 26.8 Å². The quantitative estimate of drug-likeness (QED) is 0.809. The Bertz CT molecular complexity index is 469. The average Bonchev–Trinajstić information content (AvgIpc) is 2.24.